The smallest absolute Gasteiger partial charge is 0.324 e. The number of nitrogens with zero attached hydrogens (tertiary/aromatic N) is 4. The number of carbonyl (C=O) groups excluding carboxylic acids is 3. The molecule has 1 N–H and O–H groups in total. The number of aryl methyl sites for hydroxylation is 2. The summed E-state index contributed by atoms with van der Waals surface area (Å²) in [6, 6.07) is 5.20. The molecule has 0 saturated carbocycles. The molecule has 1 saturated heterocycles. The molecular formula is C18H23N5O3S. The maximum Gasteiger partial charge on any atom is 0.324 e. The topological polar surface area (TPSA) is 87.5 Å². The van der Waals surface area contributed by atoms with Gasteiger partial charge in [0.25, 0.3) is 0 Å². The van der Waals surface area contributed by atoms with E-state index >= 15 is 0 Å². The van der Waals surface area contributed by atoms with Crippen LogP contribution in [0.25, 0.3) is 0 Å². The number of imide groups is 1. The molecule has 2 aromatic heterocycles. The van der Waals surface area contributed by atoms with Gasteiger partial charge in [-0.05, 0) is 38.3 Å². The Bertz CT molecular complexity index is 845. The van der Waals surface area contributed by atoms with Crippen molar-refractivity contribution in [3.05, 3.63) is 39.8 Å². The molecular weight excluding hydrogens is 366 g/mol. The van der Waals surface area contributed by atoms with Gasteiger partial charge < -0.3 is 10.2 Å². The standard InChI is InChI=1S/C18H23N5O3S/c1-4-21-7-8-22(17(25)16(21)24)18(26)19-11-14(15-6-5-9-27-15)23-13(3)10-12(2)20-23/h5-6,9-10,14H,4,7-8,11H2,1-3H3,(H,19,26). The van der Waals surface area contributed by atoms with Crippen LogP contribution in [0.2, 0.25) is 0 Å². The molecule has 4 amide bonds. The van der Waals surface area contributed by atoms with E-state index in [9.17, 15) is 14.4 Å². The van der Waals surface area contributed by atoms with Crippen molar-refractivity contribution in [3.63, 3.8) is 0 Å². The molecule has 1 aliphatic rings. The van der Waals surface area contributed by atoms with Crippen LogP contribution in [-0.4, -0.2) is 63.6 Å². The van der Waals surface area contributed by atoms with Crippen molar-refractivity contribution in [1.29, 1.82) is 0 Å². The molecule has 144 valence electrons. The van der Waals surface area contributed by atoms with Crippen molar-refractivity contribution >= 4 is 29.2 Å². The number of rotatable bonds is 5. The van der Waals surface area contributed by atoms with Crippen LogP contribution in [0.5, 0.6) is 0 Å². The van der Waals surface area contributed by atoms with Gasteiger partial charge in [-0.15, -0.1) is 11.3 Å². The number of carbonyl (C=O) groups is 3. The van der Waals surface area contributed by atoms with E-state index in [1.807, 2.05) is 42.1 Å². The van der Waals surface area contributed by atoms with Crippen LogP contribution < -0.4 is 5.32 Å². The van der Waals surface area contributed by atoms with Crippen molar-refractivity contribution in [2.45, 2.75) is 26.8 Å². The maximum absolute atomic E-state index is 12.5. The first-order valence-corrected chi connectivity index (χ1v) is 9.75. The zero-order valence-corrected chi connectivity index (χ0v) is 16.5. The average Bonchev–Trinajstić information content (AvgIpc) is 3.27. The van der Waals surface area contributed by atoms with Crippen molar-refractivity contribution in [3.8, 4) is 0 Å². The van der Waals surface area contributed by atoms with E-state index in [0.717, 1.165) is 21.2 Å². The van der Waals surface area contributed by atoms with Gasteiger partial charge in [0.1, 0.15) is 6.04 Å². The van der Waals surface area contributed by atoms with Gasteiger partial charge in [-0.3, -0.25) is 19.2 Å². The molecule has 1 aliphatic heterocycles. The Labute approximate surface area is 161 Å². The molecule has 0 spiro atoms. The Morgan fingerprint density at radius 3 is 2.67 bits per heavy atom. The summed E-state index contributed by atoms with van der Waals surface area (Å²) >= 11 is 1.58. The number of nitrogens with one attached hydrogen (secondary N) is 1. The number of likely N-dealkylation sites (N-methyl/N-ethyl adjacent to an activating group) is 1. The fourth-order valence-electron chi connectivity index (χ4n) is 3.20. The zero-order chi connectivity index (χ0) is 19.6. The fraction of sp³-hybridized carbons (Fsp3) is 0.444. The Morgan fingerprint density at radius 2 is 2.07 bits per heavy atom. The van der Waals surface area contributed by atoms with Gasteiger partial charge in [-0.2, -0.15) is 5.10 Å². The van der Waals surface area contributed by atoms with Gasteiger partial charge in [0, 0.05) is 36.8 Å². The van der Waals surface area contributed by atoms with E-state index in [0.29, 0.717) is 13.1 Å². The van der Waals surface area contributed by atoms with E-state index in [1.54, 1.807) is 18.3 Å². The van der Waals surface area contributed by atoms with Crippen LogP contribution in [-0.2, 0) is 9.59 Å². The second-order valence-corrected chi connectivity index (χ2v) is 7.41. The van der Waals surface area contributed by atoms with Crippen LogP contribution >= 0.6 is 11.3 Å². The number of hydrogen-bond acceptors (Lipinski definition) is 5. The third kappa shape index (κ3) is 3.87. The Kier molecular flexibility index (Phi) is 5.59. The van der Waals surface area contributed by atoms with Crippen molar-refractivity contribution in [2.75, 3.05) is 26.2 Å². The summed E-state index contributed by atoms with van der Waals surface area (Å²) in [6.45, 7) is 6.99. The molecule has 27 heavy (non-hydrogen) atoms. The summed E-state index contributed by atoms with van der Waals surface area (Å²) in [4.78, 5) is 40.2. The minimum atomic E-state index is -0.778. The molecule has 9 heteroatoms. The summed E-state index contributed by atoms with van der Waals surface area (Å²) in [5.74, 6) is -1.41. The SMILES string of the molecule is CCN1CCN(C(=O)NCC(c2cccs2)n2nc(C)cc2C)C(=O)C1=O. The summed E-state index contributed by atoms with van der Waals surface area (Å²) in [5.41, 5.74) is 1.89. The Hall–Kier alpha value is -2.68. The first-order chi connectivity index (χ1) is 12.9. The van der Waals surface area contributed by atoms with Crippen LogP contribution in [0.4, 0.5) is 4.79 Å². The van der Waals surface area contributed by atoms with Crippen molar-refractivity contribution in [2.24, 2.45) is 0 Å². The number of thiophene rings is 1. The Morgan fingerprint density at radius 1 is 1.30 bits per heavy atom. The number of hydrogen-bond donors (Lipinski definition) is 1. The van der Waals surface area contributed by atoms with Crippen molar-refractivity contribution < 1.29 is 14.4 Å². The first-order valence-electron chi connectivity index (χ1n) is 8.87. The monoisotopic (exact) mass is 389 g/mol. The molecule has 1 atom stereocenters. The molecule has 0 bridgehead atoms. The highest BCUT2D eigenvalue weighted by Gasteiger charge is 2.35. The van der Waals surface area contributed by atoms with E-state index in [-0.39, 0.29) is 19.1 Å². The summed E-state index contributed by atoms with van der Waals surface area (Å²) < 4.78 is 1.88. The lowest BCUT2D eigenvalue weighted by atomic mass is 10.2. The van der Waals surface area contributed by atoms with Gasteiger partial charge in [0.05, 0.1) is 5.69 Å². The minimum Gasteiger partial charge on any atom is -0.335 e. The number of urea groups is 1. The first kappa shape index (κ1) is 19.1. The normalized spacial score (nSPS) is 16.0. The predicted molar refractivity (Wildman–Crippen MR) is 102 cm³/mol. The zero-order valence-electron chi connectivity index (χ0n) is 15.6. The largest absolute Gasteiger partial charge is 0.335 e. The molecule has 1 unspecified atom stereocenters. The second kappa shape index (κ2) is 7.91. The molecule has 0 radical (unpaired) electrons. The Balaban J connectivity index is 1.72. The lowest BCUT2D eigenvalue weighted by Gasteiger charge is -2.32. The second-order valence-electron chi connectivity index (χ2n) is 6.43. The van der Waals surface area contributed by atoms with E-state index < -0.39 is 17.8 Å². The molecule has 3 heterocycles. The van der Waals surface area contributed by atoms with Crippen molar-refractivity contribution in [1.82, 2.24) is 24.9 Å². The summed E-state index contributed by atoms with van der Waals surface area (Å²) in [7, 11) is 0. The van der Waals surface area contributed by atoms with E-state index in [2.05, 4.69) is 10.4 Å². The predicted octanol–water partition coefficient (Wildman–Crippen LogP) is 1.55. The highest BCUT2D eigenvalue weighted by atomic mass is 32.1. The highest BCUT2D eigenvalue weighted by Crippen LogP contribution is 2.24. The lowest BCUT2D eigenvalue weighted by Crippen LogP contribution is -2.58. The van der Waals surface area contributed by atoms with Crippen LogP contribution in [0.15, 0.2) is 23.6 Å². The summed E-state index contributed by atoms with van der Waals surface area (Å²) in [6.07, 6.45) is 0. The third-order valence-electron chi connectivity index (χ3n) is 4.59. The fourth-order valence-corrected chi connectivity index (χ4v) is 4.01. The molecule has 1 fully saturated rings. The molecule has 0 aromatic carbocycles. The number of amides is 4. The van der Waals surface area contributed by atoms with Gasteiger partial charge in [-0.25, -0.2) is 4.79 Å². The van der Waals surface area contributed by atoms with Gasteiger partial charge in [0.2, 0.25) is 0 Å². The molecule has 8 nitrogen and oxygen atoms in total. The average molecular weight is 389 g/mol. The van der Waals surface area contributed by atoms with Crippen LogP contribution in [0.3, 0.4) is 0 Å². The molecule has 3 rings (SSSR count). The number of aromatic nitrogens is 2. The summed E-state index contributed by atoms with van der Waals surface area (Å²) in [5, 5.41) is 9.31. The van der Waals surface area contributed by atoms with E-state index in [1.165, 1.54) is 4.90 Å². The third-order valence-corrected chi connectivity index (χ3v) is 5.57. The minimum absolute atomic E-state index is 0.176. The highest BCUT2D eigenvalue weighted by molar-refractivity contribution is 7.10. The lowest BCUT2D eigenvalue weighted by molar-refractivity contribution is -0.153. The van der Waals surface area contributed by atoms with Crippen LogP contribution in [0.1, 0.15) is 29.2 Å². The van der Waals surface area contributed by atoms with Gasteiger partial charge in [-0.1, -0.05) is 6.07 Å². The quantitative estimate of drug-likeness (QED) is 0.786. The molecule has 2 aromatic rings. The van der Waals surface area contributed by atoms with E-state index in [4.69, 9.17) is 0 Å². The van der Waals surface area contributed by atoms with Crippen LogP contribution in [0, 0.1) is 13.8 Å². The van der Waals surface area contributed by atoms with Gasteiger partial charge in [0.15, 0.2) is 0 Å². The molecule has 0 aliphatic carbocycles. The number of piperazine rings is 1. The maximum atomic E-state index is 12.5. The van der Waals surface area contributed by atoms with Gasteiger partial charge >= 0.3 is 17.8 Å².